The number of benzene rings is 1. The first-order valence-corrected chi connectivity index (χ1v) is 17.1. The molecule has 2 aromatic heterocycles. The molecular formula is C36H42N7O11ReS-. The van der Waals surface area contributed by atoms with E-state index < -0.39 is 17.2 Å². The number of Topliss-reactive ketones (excluding diaryl/α,β-unsaturated/α-hetero) is 1. The predicted octanol–water partition coefficient (Wildman–Crippen LogP) is 1.01. The fourth-order valence-electron chi connectivity index (χ4n) is 4.77. The number of amides is 1. The largest absolute Gasteiger partial charge is 0 e. The van der Waals surface area contributed by atoms with Crippen LogP contribution < -0.4 is 10.0 Å². The number of nitrogens with zero attached hydrogens (tertiary/aromatic N) is 5. The standard InChI is InChI=1S/C32H43N7O6S.CO2.3CO.Re/c1-37(23-30(40)20-26-10-12-27(13-11-26)36-46(44)45)18-19-39(25-32(42)43)24-31(41)35-16-6-7-17-38(21-28-8-2-4-14-33-28)22-29-9-3-5-15-34-29;2-1-3;3*1-2;/h2-5,8-15,36H,6-7,16-25H2,1H3,(H,35,41)(H,42,43)(H,44,45);;;;;/p-1. The van der Waals surface area contributed by atoms with Crippen molar-refractivity contribution in [2.45, 2.75) is 32.4 Å². The number of likely N-dealkylation sites (N-methyl/N-ethyl adjacent to an activating group) is 1. The molecule has 2 heterocycles. The Kier molecular flexibility index (Phi) is 36.8. The van der Waals surface area contributed by atoms with Crippen molar-refractivity contribution < 1.29 is 72.2 Å². The minimum absolute atomic E-state index is 0. The predicted molar refractivity (Wildman–Crippen MR) is 191 cm³/mol. The molecule has 1 unspecified atom stereocenters. The topological polar surface area (TPSA) is 265 Å². The van der Waals surface area contributed by atoms with Crippen molar-refractivity contribution in [3.63, 3.8) is 0 Å². The SMILES string of the molecule is CN(CCN(CC(=O)O)CC(=O)NCCCCN(Cc1ccccn1)Cc1ccccn1)CC(=O)Cc1ccc(NS(=O)[O-])cc1.O=C=O.[C-]#[O+].[C-]#[O+].[C-]#[O+].[Re]. The van der Waals surface area contributed by atoms with Gasteiger partial charge in [0, 0.05) is 88.9 Å². The van der Waals surface area contributed by atoms with Gasteiger partial charge in [-0.2, -0.15) is 9.59 Å². The van der Waals surface area contributed by atoms with Gasteiger partial charge in [0.2, 0.25) is 5.91 Å². The Balaban J connectivity index is -0.00000259. The average Bonchev–Trinajstić information content (AvgIpc) is 3.17. The molecule has 18 nitrogen and oxygen atoms in total. The van der Waals surface area contributed by atoms with Gasteiger partial charge in [-0.1, -0.05) is 24.3 Å². The number of hydrogen-bond donors (Lipinski definition) is 3. The Morgan fingerprint density at radius 1 is 0.804 bits per heavy atom. The Morgan fingerprint density at radius 2 is 1.34 bits per heavy atom. The molecule has 3 N–H and O–H groups in total. The number of rotatable bonds is 22. The first-order chi connectivity index (χ1) is 26.6. The van der Waals surface area contributed by atoms with Crippen molar-refractivity contribution in [1.82, 2.24) is 30.0 Å². The van der Waals surface area contributed by atoms with Gasteiger partial charge < -0.3 is 19.7 Å². The molecule has 1 aromatic carbocycles. The van der Waals surface area contributed by atoms with Gasteiger partial charge in [-0.25, -0.2) is 0 Å². The van der Waals surface area contributed by atoms with E-state index in [1.54, 1.807) is 53.5 Å². The molecule has 1 atom stereocenters. The van der Waals surface area contributed by atoms with E-state index in [1.165, 1.54) is 0 Å². The second kappa shape index (κ2) is 37.1. The van der Waals surface area contributed by atoms with Crippen LogP contribution in [-0.2, 0) is 89.1 Å². The molecule has 1 amide bonds. The quantitative estimate of drug-likeness (QED) is 0.0550. The molecule has 1 radical (unpaired) electrons. The second-order valence-electron chi connectivity index (χ2n) is 11.1. The van der Waals surface area contributed by atoms with E-state index in [0.717, 1.165) is 36.3 Å². The van der Waals surface area contributed by atoms with E-state index in [9.17, 15) is 28.3 Å². The van der Waals surface area contributed by atoms with Crippen LogP contribution in [0.3, 0.4) is 0 Å². The van der Waals surface area contributed by atoms with E-state index in [0.29, 0.717) is 38.4 Å². The molecule has 3 rings (SSSR count). The zero-order valence-electron chi connectivity index (χ0n) is 30.5. The maximum atomic E-state index is 12.6. The summed E-state index contributed by atoms with van der Waals surface area (Å²) >= 11 is -2.42. The summed E-state index contributed by atoms with van der Waals surface area (Å²) in [5.41, 5.74) is 3.10. The van der Waals surface area contributed by atoms with Crippen molar-refractivity contribution >= 4 is 40.8 Å². The number of aromatic nitrogens is 2. The van der Waals surface area contributed by atoms with E-state index in [-0.39, 0.29) is 64.3 Å². The Morgan fingerprint density at radius 3 is 1.80 bits per heavy atom. The number of hydrogen-bond acceptors (Lipinski definition) is 12. The number of carbonyl (C=O) groups is 3. The molecule has 0 saturated carbocycles. The van der Waals surface area contributed by atoms with E-state index in [4.69, 9.17) is 23.5 Å². The van der Waals surface area contributed by atoms with Crippen molar-refractivity contribution in [2.24, 2.45) is 0 Å². The van der Waals surface area contributed by atoms with Crippen molar-refractivity contribution in [1.29, 1.82) is 0 Å². The first-order valence-electron chi connectivity index (χ1n) is 16.1. The van der Waals surface area contributed by atoms with Crippen LogP contribution in [0.15, 0.2) is 73.1 Å². The van der Waals surface area contributed by atoms with Gasteiger partial charge in [0.15, 0.2) is 5.78 Å². The number of unbranched alkanes of at least 4 members (excludes halogenated alkanes) is 1. The monoisotopic (exact) mass is 967 g/mol. The molecule has 0 aliphatic carbocycles. The molecule has 0 spiro atoms. The fourth-order valence-corrected chi connectivity index (χ4v) is 5.10. The van der Waals surface area contributed by atoms with Gasteiger partial charge in [0.05, 0.1) is 31.0 Å². The maximum Gasteiger partial charge on any atom is 0 e. The number of carbonyl (C=O) groups excluding carboxylic acids is 4. The smallest absolute Gasteiger partial charge is 0 e. The van der Waals surface area contributed by atoms with Crippen LogP contribution in [0.5, 0.6) is 0 Å². The van der Waals surface area contributed by atoms with Crippen LogP contribution in [0.1, 0.15) is 29.8 Å². The number of carboxylic acid groups (broad SMARTS) is 1. The molecule has 0 saturated heterocycles. The van der Waals surface area contributed by atoms with Crippen LogP contribution >= 0.6 is 0 Å². The summed E-state index contributed by atoms with van der Waals surface area (Å²) in [5.74, 6) is -1.33. The Hall–Kier alpha value is -4.82. The van der Waals surface area contributed by atoms with Gasteiger partial charge >= 0.3 is 46.0 Å². The molecular weight excluding hydrogens is 925 g/mol. The molecule has 0 fully saturated rings. The summed E-state index contributed by atoms with van der Waals surface area (Å²) < 4.78 is 46.2. The van der Waals surface area contributed by atoms with Crippen LogP contribution in [0.4, 0.5) is 5.69 Å². The maximum absolute atomic E-state index is 12.6. The molecule has 20 heteroatoms. The molecule has 301 valence electrons. The average molecular weight is 967 g/mol. The van der Waals surface area contributed by atoms with Crippen molar-refractivity contribution in [3.8, 4) is 0 Å². The van der Waals surface area contributed by atoms with Gasteiger partial charge in [0.1, 0.15) is 0 Å². The third-order valence-electron chi connectivity index (χ3n) is 6.97. The Bertz CT molecular complexity index is 1570. The third-order valence-corrected chi connectivity index (χ3v) is 7.38. The summed E-state index contributed by atoms with van der Waals surface area (Å²) in [5, 5.41) is 12.3. The summed E-state index contributed by atoms with van der Waals surface area (Å²) in [6.45, 7) is 16.6. The van der Waals surface area contributed by atoms with Gasteiger partial charge in [0.25, 0.3) is 0 Å². The van der Waals surface area contributed by atoms with E-state index in [1.807, 2.05) is 36.4 Å². The minimum Gasteiger partial charge on any atom is 0 e. The molecule has 3 aromatic rings. The Labute approximate surface area is 341 Å². The number of nitrogens with one attached hydrogen (secondary N) is 2. The zero-order chi connectivity index (χ0) is 41.9. The summed E-state index contributed by atoms with van der Waals surface area (Å²) in [6.07, 6.45) is 5.59. The summed E-state index contributed by atoms with van der Waals surface area (Å²) in [7, 11) is 1.76. The molecule has 0 bridgehead atoms. The van der Waals surface area contributed by atoms with Crippen LogP contribution in [0.2, 0.25) is 0 Å². The van der Waals surface area contributed by atoms with E-state index in [2.05, 4.69) is 44.9 Å². The second-order valence-corrected chi connectivity index (χ2v) is 11.8. The van der Waals surface area contributed by atoms with Crippen molar-refractivity contribution in [2.75, 3.05) is 57.6 Å². The van der Waals surface area contributed by atoms with Crippen LogP contribution in [-0.4, -0.2) is 115 Å². The third kappa shape index (κ3) is 29.5. The summed E-state index contributed by atoms with van der Waals surface area (Å²) in [6, 6.07) is 18.2. The van der Waals surface area contributed by atoms with Gasteiger partial charge in [-0.15, -0.1) is 0 Å². The number of pyridine rings is 2. The number of carboxylic acids is 1. The summed E-state index contributed by atoms with van der Waals surface area (Å²) in [4.78, 5) is 67.4. The first kappa shape index (κ1) is 55.5. The van der Waals surface area contributed by atoms with Gasteiger partial charge in [-0.05, 0) is 68.4 Å². The number of aliphatic carboxylic acids is 1. The zero-order valence-corrected chi connectivity index (χ0v) is 34.0. The normalized spacial score (nSPS) is 10.1. The number of anilines is 1. The molecule has 56 heavy (non-hydrogen) atoms. The van der Waals surface area contributed by atoms with Crippen LogP contribution in [0, 0.1) is 20.0 Å². The van der Waals surface area contributed by atoms with Crippen LogP contribution in [0.25, 0.3) is 0 Å². The van der Waals surface area contributed by atoms with E-state index >= 15 is 0 Å². The minimum atomic E-state index is -2.42. The fraction of sp³-hybridized carbons (Fsp3) is 0.361. The number of ketones is 1. The molecule has 0 aliphatic rings. The van der Waals surface area contributed by atoms with Gasteiger partial charge in [-0.3, -0.25) is 43.3 Å². The molecule has 0 aliphatic heterocycles. The van der Waals surface area contributed by atoms with Crippen molar-refractivity contribution in [3.05, 3.63) is 110 Å².